The number of aryl methyl sites for hydroxylation is 2. The van der Waals surface area contributed by atoms with Crippen molar-refractivity contribution >= 4 is 0 Å². The van der Waals surface area contributed by atoms with Crippen LogP contribution in [0.15, 0.2) is 12.4 Å². The molecular formula is C37H73N2+. The van der Waals surface area contributed by atoms with Crippen molar-refractivity contribution in [3.8, 4) is 0 Å². The molecular weight excluding hydrogens is 472 g/mol. The Hall–Kier alpha value is -0.790. The minimum Gasteiger partial charge on any atom is -0.234 e. The van der Waals surface area contributed by atoms with E-state index in [4.69, 9.17) is 0 Å². The van der Waals surface area contributed by atoms with Crippen molar-refractivity contribution in [2.24, 2.45) is 0 Å². The minimum atomic E-state index is 1.22. The van der Waals surface area contributed by atoms with Crippen LogP contribution in [0, 0.1) is 0 Å². The zero-order valence-electron chi connectivity index (χ0n) is 27.5. The van der Waals surface area contributed by atoms with E-state index in [0.717, 1.165) is 0 Å². The van der Waals surface area contributed by atoms with Crippen LogP contribution < -0.4 is 4.57 Å². The van der Waals surface area contributed by atoms with Gasteiger partial charge in [-0.3, -0.25) is 0 Å². The second kappa shape index (κ2) is 28.7. The summed E-state index contributed by atoms with van der Waals surface area (Å²) in [6, 6.07) is 0. The maximum atomic E-state index is 2.62. The predicted octanol–water partition coefficient (Wildman–Crippen LogP) is 12.3. The van der Waals surface area contributed by atoms with Crippen molar-refractivity contribution in [3.05, 3.63) is 18.2 Å². The Bertz CT molecular complexity index is 605. The Balaban J connectivity index is 2.20. The molecule has 0 N–H and O–H groups in total. The summed E-state index contributed by atoms with van der Waals surface area (Å²) in [5.41, 5.74) is 0. The molecule has 0 aliphatic heterocycles. The smallest absolute Gasteiger partial charge is 0.234 e. The van der Waals surface area contributed by atoms with Crippen molar-refractivity contribution in [2.75, 3.05) is 0 Å². The summed E-state index contributed by atoms with van der Waals surface area (Å²) in [5.74, 6) is 1.61. The molecule has 1 aromatic heterocycles. The lowest BCUT2D eigenvalue weighted by Crippen LogP contribution is -2.37. The molecule has 0 aromatic carbocycles. The van der Waals surface area contributed by atoms with Crippen molar-refractivity contribution in [3.63, 3.8) is 0 Å². The highest BCUT2D eigenvalue weighted by Gasteiger charge is 2.16. The summed E-state index contributed by atoms with van der Waals surface area (Å²) in [5, 5.41) is 0. The molecule has 0 fully saturated rings. The number of unbranched alkanes of at least 4 members (excludes halogenated alkanes) is 25. The normalized spacial score (nSPS) is 11.6. The molecule has 2 nitrogen and oxygen atoms in total. The summed E-state index contributed by atoms with van der Waals surface area (Å²) in [4.78, 5) is 0. The maximum Gasteiger partial charge on any atom is 0.256 e. The number of rotatable bonds is 31. The molecule has 39 heavy (non-hydrogen) atoms. The fourth-order valence-electron chi connectivity index (χ4n) is 6.15. The third-order valence-electron chi connectivity index (χ3n) is 8.85. The van der Waals surface area contributed by atoms with Crippen molar-refractivity contribution in [1.82, 2.24) is 4.57 Å². The van der Waals surface area contributed by atoms with Crippen LogP contribution in [0.3, 0.4) is 0 Å². The van der Waals surface area contributed by atoms with Gasteiger partial charge >= 0.3 is 0 Å². The number of nitrogens with zero attached hydrogens (tertiary/aromatic N) is 2. The van der Waals surface area contributed by atoms with E-state index in [0.29, 0.717) is 0 Å². The van der Waals surface area contributed by atoms with Gasteiger partial charge in [-0.2, -0.15) is 0 Å². The standard InChI is InChI=1S/C37H73N2/c1-4-7-10-13-15-17-18-19-20-21-22-23-25-28-31-34-39-36-35-38(33-30-27-12-9-6-3)37(39)32-29-26-24-16-14-11-8-5-2/h35-36H,4-34H2,1-3H3/q+1. The Morgan fingerprint density at radius 1 is 0.436 bits per heavy atom. The van der Waals surface area contributed by atoms with Crippen LogP contribution in [-0.2, 0) is 19.5 Å². The molecule has 1 aromatic rings. The number of imidazole rings is 1. The summed E-state index contributed by atoms with van der Waals surface area (Å²) in [6.45, 7) is 9.39. The average molecular weight is 546 g/mol. The first kappa shape index (κ1) is 36.2. The zero-order valence-corrected chi connectivity index (χ0v) is 27.5. The number of aromatic nitrogens is 2. The average Bonchev–Trinajstić information content (AvgIpc) is 3.33. The quantitative estimate of drug-likeness (QED) is 0.0648. The third kappa shape index (κ3) is 21.6. The highest BCUT2D eigenvalue weighted by Crippen LogP contribution is 2.15. The Kier molecular flexibility index (Phi) is 26.7. The highest BCUT2D eigenvalue weighted by atomic mass is 15.1. The molecule has 0 saturated heterocycles. The number of hydrogen-bond acceptors (Lipinski definition) is 0. The lowest BCUT2D eigenvalue weighted by molar-refractivity contribution is -0.704. The van der Waals surface area contributed by atoms with Crippen molar-refractivity contribution in [1.29, 1.82) is 0 Å². The summed E-state index contributed by atoms with van der Waals surface area (Å²) in [7, 11) is 0. The topological polar surface area (TPSA) is 8.81 Å². The van der Waals surface area contributed by atoms with Crippen LogP contribution in [0.4, 0.5) is 0 Å². The van der Waals surface area contributed by atoms with Crippen LogP contribution in [-0.4, -0.2) is 4.57 Å². The minimum absolute atomic E-state index is 1.22. The lowest BCUT2D eigenvalue weighted by atomic mass is 10.0. The monoisotopic (exact) mass is 546 g/mol. The first-order valence-electron chi connectivity index (χ1n) is 18.4. The fraction of sp³-hybridized carbons (Fsp3) is 0.919. The van der Waals surface area contributed by atoms with E-state index >= 15 is 0 Å². The third-order valence-corrected chi connectivity index (χ3v) is 8.85. The van der Waals surface area contributed by atoms with E-state index in [1.807, 2.05) is 0 Å². The van der Waals surface area contributed by atoms with Crippen LogP contribution in [0.5, 0.6) is 0 Å². The van der Waals surface area contributed by atoms with E-state index in [2.05, 4.69) is 42.3 Å². The molecule has 0 amide bonds. The SMILES string of the molecule is CCCCCCCCCCCCCCCCCn1cc[n+](CCCCCCC)c1CCCCCCCCCC. The van der Waals surface area contributed by atoms with E-state index in [1.54, 1.807) is 5.82 Å². The Labute approximate surface area is 247 Å². The predicted molar refractivity (Wildman–Crippen MR) is 175 cm³/mol. The lowest BCUT2D eigenvalue weighted by Gasteiger charge is -2.07. The van der Waals surface area contributed by atoms with Gasteiger partial charge in [-0.05, 0) is 32.1 Å². The van der Waals surface area contributed by atoms with Crippen LogP contribution >= 0.6 is 0 Å². The summed E-state index contributed by atoms with van der Waals surface area (Å²) >= 11 is 0. The molecule has 0 saturated carbocycles. The van der Waals surface area contributed by atoms with Gasteiger partial charge < -0.3 is 0 Å². The van der Waals surface area contributed by atoms with Gasteiger partial charge in [0, 0.05) is 6.42 Å². The summed E-state index contributed by atoms with van der Waals surface area (Å²) < 4.78 is 5.23. The Morgan fingerprint density at radius 2 is 0.795 bits per heavy atom. The maximum absolute atomic E-state index is 2.62. The Morgan fingerprint density at radius 3 is 1.23 bits per heavy atom. The molecule has 1 rings (SSSR count). The fourth-order valence-corrected chi connectivity index (χ4v) is 6.15. The molecule has 0 bridgehead atoms. The van der Waals surface area contributed by atoms with Gasteiger partial charge in [-0.1, -0.05) is 168 Å². The van der Waals surface area contributed by atoms with Gasteiger partial charge in [0.2, 0.25) is 0 Å². The molecule has 0 spiro atoms. The van der Waals surface area contributed by atoms with Gasteiger partial charge in [0.1, 0.15) is 12.4 Å². The van der Waals surface area contributed by atoms with E-state index in [9.17, 15) is 0 Å². The van der Waals surface area contributed by atoms with Gasteiger partial charge in [0.05, 0.1) is 13.1 Å². The van der Waals surface area contributed by atoms with E-state index in [-0.39, 0.29) is 0 Å². The molecule has 0 aliphatic rings. The molecule has 230 valence electrons. The van der Waals surface area contributed by atoms with Gasteiger partial charge in [-0.25, -0.2) is 9.13 Å². The molecule has 1 heterocycles. The van der Waals surface area contributed by atoms with Gasteiger partial charge in [0.25, 0.3) is 5.82 Å². The van der Waals surface area contributed by atoms with Crippen LogP contribution in [0.25, 0.3) is 0 Å². The number of hydrogen-bond donors (Lipinski definition) is 0. The zero-order chi connectivity index (χ0) is 28.1. The second-order valence-corrected chi connectivity index (χ2v) is 12.7. The van der Waals surface area contributed by atoms with Crippen LogP contribution in [0.2, 0.25) is 0 Å². The molecule has 0 radical (unpaired) electrons. The summed E-state index contributed by atoms with van der Waals surface area (Å²) in [6.07, 6.45) is 45.9. The first-order valence-corrected chi connectivity index (χ1v) is 18.4. The largest absolute Gasteiger partial charge is 0.256 e. The first-order chi connectivity index (χ1) is 19.3. The van der Waals surface area contributed by atoms with Crippen LogP contribution in [0.1, 0.15) is 206 Å². The second-order valence-electron chi connectivity index (χ2n) is 12.7. The highest BCUT2D eigenvalue weighted by molar-refractivity contribution is 4.84. The van der Waals surface area contributed by atoms with E-state index < -0.39 is 0 Å². The van der Waals surface area contributed by atoms with Gasteiger partial charge in [0.15, 0.2) is 0 Å². The molecule has 0 aliphatic carbocycles. The molecule has 2 heteroatoms. The van der Waals surface area contributed by atoms with Gasteiger partial charge in [-0.15, -0.1) is 0 Å². The molecule has 0 unspecified atom stereocenters. The molecule has 0 atom stereocenters. The van der Waals surface area contributed by atoms with Crippen molar-refractivity contribution < 1.29 is 4.57 Å². The van der Waals surface area contributed by atoms with Crippen molar-refractivity contribution in [2.45, 2.75) is 220 Å². The van der Waals surface area contributed by atoms with E-state index in [1.165, 1.54) is 199 Å².